The number of rotatable bonds is 6. The smallest absolute Gasteiger partial charge is 0.410 e. The van der Waals surface area contributed by atoms with E-state index in [2.05, 4.69) is 6.92 Å². The number of allylic oxidation sites excluding steroid dienone is 3. The van der Waals surface area contributed by atoms with E-state index in [0.29, 0.717) is 24.8 Å². The summed E-state index contributed by atoms with van der Waals surface area (Å²) in [5.41, 5.74) is 1.59. The number of carbonyl (C=O) groups is 2. The average Bonchev–Trinajstić information content (AvgIpc) is 2.72. The maximum absolute atomic E-state index is 13.0. The minimum atomic E-state index is -0.492. The van der Waals surface area contributed by atoms with Crippen LogP contribution in [0.4, 0.5) is 9.18 Å². The Kier molecular flexibility index (Phi) is 7.01. The summed E-state index contributed by atoms with van der Waals surface area (Å²) in [5, 5.41) is 0. The number of hydrogen-bond donors (Lipinski definition) is 0. The van der Waals surface area contributed by atoms with Gasteiger partial charge in [-0.25, -0.2) is 9.18 Å². The van der Waals surface area contributed by atoms with E-state index >= 15 is 0 Å². The number of ether oxygens (including phenoxy) is 1. The summed E-state index contributed by atoms with van der Waals surface area (Å²) in [4.78, 5) is 27.2. The summed E-state index contributed by atoms with van der Waals surface area (Å²) in [6, 6.07) is 9.19. The van der Waals surface area contributed by atoms with Crippen LogP contribution in [0.3, 0.4) is 0 Å². The molecule has 1 aromatic carbocycles. The third-order valence-electron chi connectivity index (χ3n) is 5.55. The highest BCUT2D eigenvalue weighted by Gasteiger charge is 2.41. The van der Waals surface area contributed by atoms with Crippen LogP contribution >= 0.6 is 0 Å². The topological polar surface area (TPSA) is 46.6 Å². The second kappa shape index (κ2) is 9.67. The maximum atomic E-state index is 13.0. The molecule has 1 saturated heterocycles. The van der Waals surface area contributed by atoms with Gasteiger partial charge in [0.05, 0.1) is 0 Å². The molecule has 0 radical (unpaired) electrons. The van der Waals surface area contributed by atoms with Crippen molar-refractivity contribution in [3.8, 4) is 0 Å². The number of likely N-dealkylation sites (tertiary alicyclic amines) is 1. The number of Topliss-reactive ketones (excluding diaryl/α,β-unsaturated/α-hetero) is 1. The molecule has 1 aromatic rings. The summed E-state index contributed by atoms with van der Waals surface area (Å²) in [5.74, 6) is 0.187. The first-order valence-corrected chi connectivity index (χ1v) is 10.1. The molecule has 1 fully saturated rings. The minimum Gasteiger partial charge on any atom is -0.445 e. The Hall–Kier alpha value is -2.43. The van der Waals surface area contributed by atoms with E-state index in [-0.39, 0.29) is 36.5 Å². The standard InChI is InChI=1S/C23H28FNO3/c1-2-6-20-13-21(26)14-22(19-11-9-17(15-24)10-12-19)25(20)23(27)28-16-18-7-4-3-5-8-18/h3-5,7-11,19-20,22H,2,6,12-16H2,1H3/t19?,20-,22-/m1/s1. The second-order valence-corrected chi connectivity index (χ2v) is 7.58. The highest BCUT2D eigenvalue weighted by Crippen LogP contribution is 2.33. The Bertz CT molecular complexity index is 743. The fourth-order valence-electron chi connectivity index (χ4n) is 4.12. The molecule has 4 nitrogen and oxygen atoms in total. The van der Waals surface area contributed by atoms with Gasteiger partial charge >= 0.3 is 6.09 Å². The zero-order chi connectivity index (χ0) is 19.9. The van der Waals surface area contributed by atoms with Crippen molar-refractivity contribution in [2.75, 3.05) is 6.67 Å². The number of nitrogens with zero attached hydrogens (tertiary/aromatic N) is 1. The molecule has 0 aromatic heterocycles. The third kappa shape index (κ3) is 4.89. The predicted molar refractivity (Wildman–Crippen MR) is 106 cm³/mol. The highest BCUT2D eigenvalue weighted by atomic mass is 19.1. The van der Waals surface area contributed by atoms with E-state index in [1.54, 1.807) is 11.0 Å². The van der Waals surface area contributed by atoms with Crippen LogP contribution in [0.2, 0.25) is 0 Å². The van der Waals surface area contributed by atoms with E-state index in [1.165, 1.54) is 0 Å². The number of hydrogen-bond acceptors (Lipinski definition) is 3. The van der Waals surface area contributed by atoms with Crippen LogP contribution < -0.4 is 0 Å². The molecule has 0 spiro atoms. The Balaban J connectivity index is 1.76. The molecule has 2 aliphatic rings. The molecule has 1 heterocycles. The number of alkyl halides is 1. The first-order valence-electron chi connectivity index (χ1n) is 10.1. The summed E-state index contributed by atoms with van der Waals surface area (Å²) in [6.45, 7) is 1.77. The molecule has 0 N–H and O–H groups in total. The molecule has 0 saturated carbocycles. The highest BCUT2D eigenvalue weighted by molar-refractivity contribution is 5.83. The maximum Gasteiger partial charge on any atom is 0.410 e. The summed E-state index contributed by atoms with van der Waals surface area (Å²) >= 11 is 0. The predicted octanol–water partition coefficient (Wildman–Crippen LogP) is 5.00. The fraction of sp³-hybridized carbons (Fsp3) is 0.478. The number of amides is 1. The van der Waals surface area contributed by atoms with Gasteiger partial charge < -0.3 is 9.64 Å². The average molecular weight is 385 g/mol. The van der Waals surface area contributed by atoms with Crippen molar-refractivity contribution in [3.05, 3.63) is 59.7 Å². The second-order valence-electron chi connectivity index (χ2n) is 7.58. The molecule has 3 rings (SSSR count). The number of piperidine rings is 1. The van der Waals surface area contributed by atoms with Crippen LogP contribution in [0.25, 0.3) is 0 Å². The van der Waals surface area contributed by atoms with Crippen molar-refractivity contribution < 1.29 is 18.7 Å². The molecule has 150 valence electrons. The molecular formula is C23H28FNO3. The van der Waals surface area contributed by atoms with Gasteiger partial charge in [0.2, 0.25) is 0 Å². The molecule has 1 aliphatic heterocycles. The Labute approximate surface area is 166 Å². The van der Waals surface area contributed by atoms with Crippen molar-refractivity contribution in [2.24, 2.45) is 5.92 Å². The SMILES string of the molecule is CCC[C@@H]1CC(=O)C[C@H](C2C=CC(CF)=CC2)N1C(=O)OCc1ccccc1. The van der Waals surface area contributed by atoms with E-state index in [1.807, 2.05) is 42.5 Å². The third-order valence-corrected chi connectivity index (χ3v) is 5.55. The van der Waals surface area contributed by atoms with Crippen molar-refractivity contribution >= 4 is 11.9 Å². The van der Waals surface area contributed by atoms with Crippen molar-refractivity contribution in [2.45, 2.75) is 57.7 Å². The minimum absolute atomic E-state index is 0.00295. The van der Waals surface area contributed by atoms with Crippen LogP contribution in [-0.4, -0.2) is 35.5 Å². The van der Waals surface area contributed by atoms with Gasteiger partial charge in [-0.05, 0) is 24.0 Å². The van der Waals surface area contributed by atoms with Gasteiger partial charge in [-0.2, -0.15) is 0 Å². The van der Waals surface area contributed by atoms with Crippen LogP contribution in [-0.2, 0) is 16.1 Å². The summed E-state index contributed by atoms with van der Waals surface area (Å²) in [7, 11) is 0. The quantitative estimate of drug-likeness (QED) is 0.692. The monoisotopic (exact) mass is 385 g/mol. The van der Waals surface area contributed by atoms with E-state index in [4.69, 9.17) is 4.74 Å². The Morgan fingerprint density at radius 1 is 1.25 bits per heavy atom. The molecule has 3 atom stereocenters. The molecule has 28 heavy (non-hydrogen) atoms. The fourth-order valence-corrected chi connectivity index (χ4v) is 4.12. The number of benzene rings is 1. The van der Waals surface area contributed by atoms with Gasteiger partial charge in [-0.15, -0.1) is 0 Å². The molecule has 1 amide bonds. The number of carbonyl (C=O) groups excluding carboxylic acids is 2. The Morgan fingerprint density at radius 2 is 2.04 bits per heavy atom. The largest absolute Gasteiger partial charge is 0.445 e. The van der Waals surface area contributed by atoms with Crippen molar-refractivity contribution in [1.29, 1.82) is 0 Å². The first-order chi connectivity index (χ1) is 13.6. The lowest BCUT2D eigenvalue weighted by Gasteiger charge is -2.43. The van der Waals surface area contributed by atoms with Gasteiger partial charge in [-0.3, -0.25) is 4.79 Å². The normalized spacial score (nSPS) is 24.8. The number of ketones is 1. The van der Waals surface area contributed by atoms with E-state index in [9.17, 15) is 14.0 Å². The van der Waals surface area contributed by atoms with Crippen LogP contribution in [0.15, 0.2) is 54.1 Å². The van der Waals surface area contributed by atoms with Gasteiger partial charge in [-0.1, -0.05) is 61.9 Å². The molecule has 5 heteroatoms. The van der Waals surface area contributed by atoms with Crippen LogP contribution in [0.5, 0.6) is 0 Å². The van der Waals surface area contributed by atoms with Gasteiger partial charge in [0.25, 0.3) is 0 Å². The van der Waals surface area contributed by atoms with Gasteiger partial charge in [0.15, 0.2) is 0 Å². The summed E-state index contributed by atoms with van der Waals surface area (Å²) in [6.07, 6.45) is 8.22. The van der Waals surface area contributed by atoms with E-state index < -0.39 is 6.67 Å². The summed E-state index contributed by atoms with van der Waals surface area (Å²) < 4.78 is 18.5. The number of halogens is 1. The molecule has 1 aliphatic carbocycles. The lowest BCUT2D eigenvalue weighted by atomic mass is 9.81. The van der Waals surface area contributed by atoms with Crippen LogP contribution in [0.1, 0.15) is 44.6 Å². The van der Waals surface area contributed by atoms with Crippen LogP contribution in [0, 0.1) is 5.92 Å². The van der Waals surface area contributed by atoms with E-state index in [0.717, 1.165) is 18.4 Å². The molecule has 0 bridgehead atoms. The lowest BCUT2D eigenvalue weighted by molar-refractivity contribution is -0.125. The van der Waals surface area contributed by atoms with Gasteiger partial charge in [0.1, 0.15) is 19.1 Å². The lowest BCUT2D eigenvalue weighted by Crippen LogP contribution is -2.55. The van der Waals surface area contributed by atoms with Crippen molar-refractivity contribution in [3.63, 3.8) is 0 Å². The Morgan fingerprint density at radius 3 is 2.68 bits per heavy atom. The molecular weight excluding hydrogens is 357 g/mol. The first kappa shape index (κ1) is 20.3. The zero-order valence-electron chi connectivity index (χ0n) is 16.4. The molecule has 1 unspecified atom stereocenters. The van der Waals surface area contributed by atoms with Gasteiger partial charge in [0, 0.05) is 30.8 Å². The van der Waals surface area contributed by atoms with Crippen molar-refractivity contribution in [1.82, 2.24) is 4.90 Å². The zero-order valence-corrected chi connectivity index (χ0v) is 16.4.